The normalized spacial score (nSPS) is 22.1. The van der Waals surface area contributed by atoms with E-state index in [1.54, 1.807) is 24.3 Å². The van der Waals surface area contributed by atoms with Crippen molar-refractivity contribution in [3.8, 4) is 0 Å². The average Bonchev–Trinajstić information content (AvgIpc) is 3.10. The summed E-state index contributed by atoms with van der Waals surface area (Å²) in [6.07, 6.45) is 7.73. The third-order valence-electron chi connectivity index (χ3n) is 7.63. The predicted molar refractivity (Wildman–Crippen MR) is 136 cm³/mol. The number of unbranched alkanes of at least 4 members (excludes halogenated alkanes) is 1. The molecule has 0 aromatic heterocycles. The molecule has 2 N–H and O–H groups in total. The molecule has 3 aromatic rings. The Morgan fingerprint density at radius 2 is 1.31 bits per heavy atom. The highest BCUT2D eigenvalue weighted by Gasteiger charge is 2.41. The Labute approximate surface area is 206 Å². The van der Waals surface area contributed by atoms with Gasteiger partial charge >= 0.3 is 0 Å². The number of nitrogens with two attached hydrogens (primary N) is 1. The fourth-order valence-corrected chi connectivity index (χ4v) is 5.83. The van der Waals surface area contributed by atoms with E-state index in [4.69, 9.17) is 10.5 Å². The van der Waals surface area contributed by atoms with E-state index < -0.39 is 0 Å². The van der Waals surface area contributed by atoms with Crippen molar-refractivity contribution in [3.63, 3.8) is 0 Å². The van der Waals surface area contributed by atoms with Crippen LogP contribution in [-0.4, -0.2) is 29.6 Å². The van der Waals surface area contributed by atoms with Crippen LogP contribution >= 0.6 is 0 Å². The molecule has 0 saturated carbocycles. The second-order valence-corrected chi connectivity index (χ2v) is 10.0. The van der Waals surface area contributed by atoms with Gasteiger partial charge in [-0.1, -0.05) is 36.4 Å². The topological polar surface area (TPSA) is 38.5 Å². The van der Waals surface area contributed by atoms with E-state index in [1.807, 2.05) is 12.1 Å². The number of rotatable bonds is 9. The first-order valence-electron chi connectivity index (χ1n) is 12.8. The van der Waals surface area contributed by atoms with E-state index in [9.17, 15) is 8.78 Å². The van der Waals surface area contributed by atoms with Crippen LogP contribution in [0, 0.1) is 11.6 Å². The smallest absolute Gasteiger partial charge is 0.123 e. The third-order valence-corrected chi connectivity index (χ3v) is 7.63. The summed E-state index contributed by atoms with van der Waals surface area (Å²) in [5.41, 5.74) is 9.75. The van der Waals surface area contributed by atoms with E-state index in [1.165, 1.54) is 55.5 Å². The van der Waals surface area contributed by atoms with Gasteiger partial charge < -0.3 is 10.5 Å². The lowest BCUT2D eigenvalue weighted by Crippen LogP contribution is -2.46. The van der Waals surface area contributed by atoms with E-state index in [-0.39, 0.29) is 23.8 Å². The molecule has 5 heteroatoms. The fourth-order valence-electron chi connectivity index (χ4n) is 5.83. The first kappa shape index (κ1) is 24.0. The molecule has 2 aliphatic rings. The molecule has 3 nitrogen and oxygen atoms in total. The van der Waals surface area contributed by atoms with Crippen molar-refractivity contribution < 1.29 is 13.5 Å². The lowest BCUT2D eigenvalue weighted by molar-refractivity contribution is -0.0484. The largest absolute Gasteiger partial charge is 0.399 e. The summed E-state index contributed by atoms with van der Waals surface area (Å²) >= 11 is 0. The van der Waals surface area contributed by atoms with Gasteiger partial charge in [0.2, 0.25) is 0 Å². The molecular weight excluding hydrogens is 442 g/mol. The minimum absolute atomic E-state index is 0.138. The number of hydrogen-bond acceptors (Lipinski definition) is 3. The van der Waals surface area contributed by atoms with Crippen molar-refractivity contribution in [2.75, 3.05) is 12.3 Å². The zero-order chi connectivity index (χ0) is 24.2. The summed E-state index contributed by atoms with van der Waals surface area (Å²) in [7, 11) is 0. The van der Waals surface area contributed by atoms with E-state index in [0.717, 1.165) is 42.6 Å². The first-order chi connectivity index (χ1) is 17.0. The summed E-state index contributed by atoms with van der Waals surface area (Å²) in [4.78, 5) is 2.70. The van der Waals surface area contributed by atoms with Crippen LogP contribution < -0.4 is 5.73 Å². The van der Waals surface area contributed by atoms with Crippen molar-refractivity contribution in [2.24, 2.45) is 0 Å². The molecule has 3 aromatic carbocycles. The van der Waals surface area contributed by atoms with Gasteiger partial charge in [-0.25, -0.2) is 8.78 Å². The number of aryl methyl sites for hydroxylation is 1. The Morgan fingerprint density at radius 3 is 1.86 bits per heavy atom. The predicted octanol–water partition coefficient (Wildman–Crippen LogP) is 6.67. The number of anilines is 1. The first-order valence-corrected chi connectivity index (χ1v) is 12.8. The number of piperidine rings is 1. The zero-order valence-corrected chi connectivity index (χ0v) is 20.1. The number of hydrogen-bond donors (Lipinski definition) is 1. The lowest BCUT2D eigenvalue weighted by Gasteiger charge is -2.40. The van der Waals surface area contributed by atoms with Gasteiger partial charge in [0.05, 0.1) is 6.10 Å². The number of halogens is 2. The molecule has 0 radical (unpaired) electrons. The molecule has 35 heavy (non-hydrogen) atoms. The van der Waals surface area contributed by atoms with Gasteiger partial charge in [0.1, 0.15) is 17.7 Å². The molecule has 2 saturated heterocycles. The molecular formula is C30H34F2N2O. The standard InChI is InChI=1S/C30H34F2N2O/c31-24-10-6-22(7-11-24)30(23-8-12-25(32)13-9-23)35-29-19-27-16-17-28(20-29)34(27)18-2-1-3-21-4-14-26(33)15-5-21/h4-15,27-30H,1-3,16-20,33H2. The molecule has 2 fully saturated rings. The summed E-state index contributed by atoms with van der Waals surface area (Å²) in [5, 5.41) is 0. The highest BCUT2D eigenvalue weighted by atomic mass is 19.1. The van der Waals surface area contributed by atoms with Crippen molar-refractivity contribution in [1.29, 1.82) is 0 Å². The summed E-state index contributed by atoms with van der Waals surface area (Å²) in [5.74, 6) is -0.538. The monoisotopic (exact) mass is 476 g/mol. The van der Waals surface area contributed by atoms with E-state index in [0.29, 0.717) is 12.1 Å². The Hall–Kier alpha value is -2.76. The minimum atomic E-state index is -0.327. The van der Waals surface area contributed by atoms with Gasteiger partial charge in [0.15, 0.2) is 0 Å². The molecule has 0 aliphatic carbocycles. The van der Waals surface area contributed by atoms with Gasteiger partial charge in [0.25, 0.3) is 0 Å². The third kappa shape index (κ3) is 5.91. The molecule has 0 amide bonds. The maximum atomic E-state index is 13.6. The Bertz CT molecular complexity index is 1030. The van der Waals surface area contributed by atoms with E-state index in [2.05, 4.69) is 17.0 Å². The SMILES string of the molecule is Nc1ccc(CCCCN2C3CCC2CC(OC(c2ccc(F)cc2)c2ccc(F)cc2)C3)cc1. The number of nitrogens with zero attached hydrogens (tertiary/aromatic N) is 1. The fraction of sp³-hybridized carbons (Fsp3) is 0.400. The second-order valence-electron chi connectivity index (χ2n) is 10.0. The van der Waals surface area contributed by atoms with Gasteiger partial charge in [-0.15, -0.1) is 0 Å². The van der Waals surface area contributed by atoms with E-state index >= 15 is 0 Å². The van der Waals surface area contributed by atoms with Crippen LogP contribution in [0.15, 0.2) is 72.8 Å². The van der Waals surface area contributed by atoms with Gasteiger partial charge in [-0.3, -0.25) is 4.90 Å². The number of benzene rings is 3. The average molecular weight is 477 g/mol. The molecule has 2 aliphatic heterocycles. The number of fused-ring (bicyclic) bond motifs is 2. The van der Waals surface area contributed by atoms with Gasteiger partial charge in [0, 0.05) is 17.8 Å². The second kappa shape index (κ2) is 10.9. The molecule has 2 heterocycles. The maximum Gasteiger partial charge on any atom is 0.123 e. The summed E-state index contributed by atoms with van der Waals surface area (Å²) < 4.78 is 33.8. The molecule has 2 atom stereocenters. The zero-order valence-electron chi connectivity index (χ0n) is 20.1. The summed E-state index contributed by atoms with van der Waals surface area (Å²) in [6, 6.07) is 22.3. The Kier molecular flexibility index (Phi) is 7.45. The Morgan fingerprint density at radius 1 is 0.771 bits per heavy atom. The van der Waals surface area contributed by atoms with Crippen LogP contribution in [0.4, 0.5) is 14.5 Å². The number of ether oxygens (including phenoxy) is 1. The highest BCUT2D eigenvalue weighted by Crippen LogP contribution is 2.40. The highest BCUT2D eigenvalue weighted by molar-refractivity contribution is 5.39. The van der Waals surface area contributed by atoms with Crippen LogP contribution in [0.5, 0.6) is 0 Å². The van der Waals surface area contributed by atoms with Crippen molar-refractivity contribution in [2.45, 2.75) is 69.2 Å². The van der Waals surface area contributed by atoms with Crippen molar-refractivity contribution >= 4 is 5.69 Å². The van der Waals surface area contributed by atoms with Crippen molar-refractivity contribution in [1.82, 2.24) is 4.90 Å². The number of nitrogen functional groups attached to an aromatic ring is 1. The molecule has 0 spiro atoms. The minimum Gasteiger partial charge on any atom is -0.399 e. The maximum absolute atomic E-state index is 13.6. The molecule has 5 rings (SSSR count). The summed E-state index contributed by atoms with van der Waals surface area (Å²) in [6.45, 7) is 1.14. The molecule has 2 bridgehead atoms. The molecule has 184 valence electrons. The van der Waals surface area contributed by atoms with Crippen LogP contribution in [0.1, 0.15) is 61.3 Å². The van der Waals surface area contributed by atoms with Crippen LogP contribution in [0.3, 0.4) is 0 Å². The Balaban J connectivity index is 1.19. The lowest BCUT2D eigenvalue weighted by atomic mass is 9.96. The molecule has 2 unspecified atom stereocenters. The van der Waals surface area contributed by atoms with Crippen LogP contribution in [0.2, 0.25) is 0 Å². The van der Waals surface area contributed by atoms with Crippen molar-refractivity contribution in [3.05, 3.63) is 101 Å². The van der Waals surface area contributed by atoms with Crippen LogP contribution in [-0.2, 0) is 11.2 Å². The van der Waals surface area contributed by atoms with Gasteiger partial charge in [-0.05, 0) is 105 Å². The quantitative estimate of drug-likeness (QED) is 0.277. The van der Waals surface area contributed by atoms with Crippen LogP contribution in [0.25, 0.3) is 0 Å². The van der Waals surface area contributed by atoms with Gasteiger partial charge in [-0.2, -0.15) is 0 Å².